The van der Waals surface area contributed by atoms with E-state index in [1.807, 2.05) is 50.2 Å². The number of hydrogen-bond donors (Lipinski definition) is 1. The zero-order chi connectivity index (χ0) is 13.0. The molecule has 0 aliphatic carbocycles. The van der Waals surface area contributed by atoms with Crippen LogP contribution in [0, 0.1) is 13.8 Å². The number of amides is 1. The van der Waals surface area contributed by atoms with Gasteiger partial charge in [0.1, 0.15) is 11.5 Å². The molecule has 0 aliphatic rings. The molecule has 0 unspecified atom stereocenters. The first-order valence-corrected chi connectivity index (χ1v) is 6.05. The molecule has 2 rings (SSSR count). The van der Waals surface area contributed by atoms with Crippen molar-refractivity contribution in [3.63, 3.8) is 0 Å². The summed E-state index contributed by atoms with van der Waals surface area (Å²) in [5.74, 6) is 1.75. The summed E-state index contributed by atoms with van der Waals surface area (Å²) in [5.41, 5.74) is 1.84. The minimum atomic E-state index is -0.0433. The second-order valence-corrected chi connectivity index (χ2v) is 4.38. The molecule has 0 bridgehead atoms. The van der Waals surface area contributed by atoms with E-state index in [0.717, 1.165) is 17.1 Å². The molecule has 1 aromatic carbocycles. The monoisotopic (exact) mass is 243 g/mol. The Morgan fingerprint density at radius 2 is 1.83 bits per heavy atom. The zero-order valence-electron chi connectivity index (χ0n) is 10.7. The molecule has 0 saturated heterocycles. The topological polar surface area (TPSA) is 42.2 Å². The Balaban J connectivity index is 1.83. The third-order valence-electron chi connectivity index (χ3n) is 2.77. The first kappa shape index (κ1) is 12.4. The van der Waals surface area contributed by atoms with Crippen molar-refractivity contribution in [1.82, 2.24) is 5.32 Å². The van der Waals surface area contributed by atoms with Crippen molar-refractivity contribution in [2.75, 3.05) is 6.54 Å². The highest BCUT2D eigenvalue weighted by atomic mass is 16.3. The number of aryl methyl sites for hydroxylation is 2. The molecule has 0 saturated carbocycles. The van der Waals surface area contributed by atoms with Gasteiger partial charge in [-0.2, -0.15) is 0 Å². The van der Waals surface area contributed by atoms with Gasteiger partial charge in [0.2, 0.25) is 0 Å². The maximum atomic E-state index is 11.8. The molecule has 94 valence electrons. The van der Waals surface area contributed by atoms with Crippen molar-refractivity contribution in [3.05, 3.63) is 59.0 Å². The third kappa shape index (κ3) is 3.23. The van der Waals surface area contributed by atoms with E-state index in [0.29, 0.717) is 18.5 Å². The average Bonchev–Trinajstić information content (AvgIpc) is 2.76. The lowest BCUT2D eigenvalue weighted by Crippen LogP contribution is -2.25. The van der Waals surface area contributed by atoms with Crippen molar-refractivity contribution in [1.29, 1.82) is 0 Å². The van der Waals surface area contributed by atoms with Gasteiger partial charge in [-0.15, -0.1) is 0 Å². The minimum absolute atomic E-state index is 0.0433. The van der Waals surface area contributed by atoms with E-state index in [4.69, 9.17) is 4.42 Å². The van der Waals surface area contributed by atoms with Crippen LogP contribution in [0.1, 0.15) is 27.4 Å². The number of hydrogen-bond acceptors (Lipinski definition) is 2. The van der Waals surface area contributed by atoms with Crippen LogP contribution in [0.5, 0.6) is 0 Å². The van der Waals surface area contributed by atoms with E-state index >= 15 is 0 Å². The Morgan fingerprint density at radius 3 is 2.44 bits per heavy atom. The summed E-state index contributed by atoms with van der Waals surface area (Å²) in [5, 5.41) is 2.88. The molecule has 0 spiro atoms. The zero-order valence-corrected chi connectivity index (χ0v) is 10.7. The minimum Gasteiger partial charge on any atom is -0.466 e. The van der Waals surface area contributed by atoms with E-state index in [1.165, 1.54) is 0 Å². The number of carbonyl (C=O) groups excluding carboxylic acids is 1. The van der Waals surface area contributed by atoms with E-state index in [9.17, 15) is 4.79 Å². The van der Waals surface area contributed by atoms with Gasteiger partial charge in [0.25, 0.3) is 5.91 Å². The van der Waals surface area contributed by atoms with Crippen LogP contribution in [-0.4, -0.2) is 12.5 Å². The standard InChI is InChI=1S/C15H17NO2/c1-11-3-6-13(7-4-11)15(17)16-10-9-14-8-5-12(2)18-14/h3-8H,9-10H2,1-2H3,(H,16,17). The Hall–Kier alpha value is -2.03. The molecule has 1 N–H and O–H groups in total. The van der Waals surface area contributed by atoms with Crippen molar-refractivity contribution in [2.45, 2.75) is 20.3 Å². The molecule has 18 heavy (non-hydrogen) atoms. The Bertz CT molecular complexity index is 526. The smallest absolute Gasteiger partial charge is 0.251 e. The number of benzene rings is 1. The lowest BCUT2D eigenvalue weighted by atomic mass is 10.1. The Kier molecular flexibility index (Phi) is 3.82. The van der Waals surface area contributed by atoms with Gasteiger partial charge < -0.3 is 9.73 Å². The predicted molar refractivity (Wildman–Crippen MR) is 70.7 cm³/mol. The fraction of sp³-hybridized carbons (Fsp3) is 0.267. The maximum Gasteiger partial charge on any atom is 0.251 e. The molecule has 0 radical (unpaired) electrons. The largest absolute Gasteiger partial charge is 0.466 e. The predicted octanol–water partition coefficient (Wildman–Crippen LogP) is 2.87. The summed E-state index contributed by atoms with van der Waals surface area (Å²) < 4.78 is 5.44. The number of furan rings is 1. The normalized spacial score (nSPS) is 10.3. The SMILES string of the molecule is Cc1ccc(C(=O)NCCc2ccc(C)o2)cc1. The molecule has 0 aliphatic heterocycles. The van der Waals surface area contributed by atoms with E-state index < -0.39 is 0 Å². The van der Waals surface area contributed by atoms with Gasteiger partial charge in [-0.25, -0.2) is 0 Å². The first-order chi connectivity index (χ1) is 8.65. The van der Waals surface area contributed by atoms with Crippen LogP contribution < -0.4 is 5.32 Å². The quantitative estimate of drug-likeness (QED) is 0.897. The van der Waals surface area contributed by atoms with Gasteiger partial charge in [0, 0.05) is 18.5 Å². The second-order valence-electron chi connectivity index (χ2n) is 4.38. The summed E-state index contributed by atoms with van der Waals surface area (Å²) >= 11 is 0. The van der Waals surface area contributed by atoms with E-state index in [2.05, 4.69) is 5.32 Å². The fourth-order valence-corrected chi connectivity index (χ4v) is 1.73. The summed E-state index contributed by atoms with van der Waals surface area (Å²) in [6.07, 6.45) is 0.714. The Morgan fingerprint density at radius 1 is 1.11 bits per heavy atom. The van der Waals surface area contributed by atoms with Gasteiger partial charge in [0.15, 0.2) is 0 Å². The molecule has 1 amide bonds. The van der Waals surface area contributed by atoms with E-state index in [-0.39, 0.29) is 5.91 Å². The van der Waals surface area contributed by atoms with Crippen LogP contribution in [0.4, 0.5) is 0 Å². The molecule has 1 aromatic heterocycles. The highest BCUT2D eigenvalue weighted by Crippen LogP contribution is 2.06. The first-order valence-electron chi connectivity index (χ1n) is 6.05. The fourth-order valence-electron chi connectivity index (χ4n) is 1.73. The van der Waals surface area contributed by atoms with Crippen molar-refractivity contribution < 1.29 is 9.21 Å². The van der Waals surface area contributed by atoms with Gasteiger partial charge in [0.05, 0.1) is 0 Å². The van der Waals surface area contributed by atoms with Crippen molar-refractivity contribution in [2.24, 2.45) is 0 Å². The average molecular weight is 243 g/mol. The molecule has 3 heteroatoms. The molecule has 1 heterocycles. The Labute approximate surface area is 107 Å². The third-order valence-corrected chi connectivity index (χ3v) is 2.77. The van der Waals surface area contributed by atoms with Crippen LogP contribution in [0.25, 0.3) is 0 Å². The summed E-state index contributed by atoms with van der Waals surface area (Å²) in [7, 11) is 0. The van der Waals surface area contributed by atoms with Gasteiger partial charge in [-0.1, -0.05) is 17.7 Å². The van der Waals surface area contributed by atoms with Crippen molar-refractivity contribution >= 4 is 5.91 Å². The molecule has 0 atom stereocenters. The molecular weight excluding hydrogens is 226 g/mol. The van der Waals surface area contributed by atoms with Crippen LogP contribution in [0.2, 0.25) is 0 Å². The lowest BCUT2D eigenvalue weighted by Gasteiger charge is -2.04. The van der Waals surface area contributed by atoms with Crippen LogP contribution in [-0.2, 0) is 6.42 Å². The molecule has 2 aromatic rings. The van der Waals surface area contributed by atoms with Gasteiger partial charge in [-0.3, -0.25) is 4.79 Å². The number of rotatable bonds is 4. The summed E-state index contributed by atoms with van der Waals surface area (Å²) in [4.78, 5) is 11.8. The number of carbonyl (C=O) groups is 1. The van der Waals surface area contributed by atoms with E-state index in [1.54, 1.807) is 0 Å². The van der Waals surface area contributed by atoms with Gasteiger partial charge >= 0.3 is 0 Å². The van der Waals surface area contributed by atoms with Crippen LogP contribution in [0.3, 0.4) is 0 Å². The molecule has 3 nitrogen and oxygen atoms in total. The lowest BCUT2D eigenvalue weighted by molar-refractivity contribution is 0.0953. The summed E-state index contributed by atoms with van der Waals surface area (Å²) in [6, 6.07) is 11.4. The maximum absolute atomic E-state index is 11.8. The molecule has 0 fully saturated rings. The molecular formula is C15H17NO2. The van der Waals surface area contributed by atoms with Gasteiger partial charge in [-0.05, 0) is 38.1 Å². The number of nitrogens with one attached hydrogen (secondary N) is 1. The second kappa shape index (κ2) is 5.54. The highest BCUT2D eigenvalue weighted by molar-refractivity contribution is 5.94. The highest BCUT2D eigenvalue weighted by Gasteiger charge is 2.05. The van der Waals surface area contributed by atoms with Crippen LogP contribution in [0.15, 0.2) is 40.8 Å². The van der Waals surface area contributed by atoms with Crippen LogP contribution >= 0.6 is 0 Å². The van der Waals surface area contributed by atoms with Crippen molar-refractivity contribution in [3.8, 4) is 0 Å². The summed E-state index contributed by atoms with van der Waals surface area (Å²) in [6.45, 7) is 4.50.